The summed E-state index contributed by atoms with van der Waals surface area (Å²) in [6.07, 6.45) is 7.02. The number of nitrogens with zero attached hydrogens (tertiary/aromatic N) is 3. The zero-order chi connectivity index (χ0) is 17.1. The van der Waals surface area contributed by atoms with E-state index < -0.39 is 0 Å². The molecule has 1 aromatic heterocycles. The number of amides is 1. The van der Waals surface area contributed by atoms with Gasteiger partial charge in [0.15, 0.2) is 5.82 Å². The Hall–Kier alpha value is -2.08. The topological polar surface area (TPSA) is 55.2 Å². The normalized spacial score (nSPS) is 17.8. The number of carbonyl (C=O) groups excluding carboxylic acids is 2. The molecule has 0 N–H and O–H groups in total. The number of thioether (sulfide) groups is 1. The van der Waals surface area contributed by atoms with Crippen LogP contribution in [-0.2, 0) is 7.05 Å². The van der Waals surface area contributed by atoms with Crippen molar-refractivity contribution in [1.82, 2.24) is 14.5 Å². The number of likely N-dealkylation sites (tertiary alicyclic amines) is 1. The van der Waals surface area contributed by atoms with E-state index in [1.165, 1.54) is 0 Å². The maximum absolute atomic E-state index is 12.9. The van der Waals surface area contributed by atoms with Crippen LogP contribution in [0.2, 0.25) is 0 Å². The van der Waals surface area contributed by atoms with Crippen molar-refractivity contribution in [3.63, 3.8) is 0 Å². The summed E-state index contributed by atoms with van der Waals surface area (Å²) in [5, 5.41) is 0. The minimum atomic E-state index is -0.176. The molecule has 2 aromatic rings. The molecule has 0 unspecified atom stereocenters. The molecule has 0 saturated carbocycles. The van der Waals surface area contributed by atoms with Crippen LogP contribution in [-0.4, -0.2) is 45.5 Å². The number of aryl methyl sites for hydroxylation is 1. The first-order valence-electron chi connectivity index (χ1n) is 8.05. The molecule has 1 aromatic carbocycles. The Balaban J connectivity index is 1.77. The number of hydrogen-bond donors (Lipinski definition) is 0. The lowest BCUT2D eigenvalue weighted by atomic mass is 9.93. The van der Waals surface area contributed by atoms with E-state index in [-0.39, 0.29) is 17.6 Å². The maximum atomic E-state index is 12.9. The van der Waals surface area contributed by atoms with Gasteiger partial charge in [-0.25, -0.2) is 4.98 Å². The van der Waals surface area contributed by atoms with E-state index in [0.29, 0.717) is 18.9 Å². The minimum absolute atomic E-state index is 0.0114. The lowest BCUT2D eigenvalue weighted by Gasteiger charge is -2.32. The number of rotatable bonds is 4. The van der Waals surface area contributed by atoms with Gasteiger partial charge in [0.1, 0.15) is 0 Å². The second-order valence-electron chi connectivity index (χ2n) is 6.02. The van der Waals surface area contributed by atoms with E-state index in [0.717, 1.165) is 23.3 Å². The molecule has 1 aliphatic heterocycles. The Labute approximate surface area is 146 Å². The molecular formula is C18H21N3O2S. The van der Waals surface area contributed by atoms with Crippen LogP contribution < -0.4 is 0 Å². The standard InChI is InChI=1S/C18H21N3O2S/c1-20-11-9-19-17(20)16(22)13-6-5-10-21(12-13)18(23)14-7-3-4-8-15(14)24-2/h3-4,7-9,11,13H,5-6,10,12H2,1-2H3/t13-/m1/s1. The van der Waals surface area contributed by atoms with Gasteiger partial charge in [-0.2, -0.15) is 0 Å². The summed E-state index contributed by atoms with van der Waals surface area (Å²) in [5.74, 6) is 0.333. The number of aromatic nitrogens is 2. The SMILES string of the molecule is CSc1ccccc1C(=O)N1CCC[C@@H](C(=O)c2nccn2C)C1. The smallest absolute Gasteiger partial charge is 0.255 e. The molecule has 1 aliphatic rings. The van der Waals surface area contributed by atoms with E-state index in [1.54, 1.807) is 28.7 Å². The largest absolute Gasteiger partial charge is 0.338 e. The number of benzene rings is 1. The summed E-state index contributed by atoms with van der Waals surface area (Å²) in [7, 11) is 1.82. The summed E-state index contributed by atoms with van der Waals surface area (Å²) in [6, 6.07) is 7.64. The van der Waals surface area contributed by atoms with Crippen LogP contribution in [0.25, 0.3) is 0 Å². The zero-order valence-corrected chi connectivity index (χ0v) is 14.8. The highest BCUT2D eigenvalue weighted by Crippen LogP contribution is 2.25. The van der Waals surface area contributed by atoms with Crippen molar-refractivity contribution in [2.24, 2.45) is 13.0 Å². The molecule has 0 aliphatic carbocycles. The van der Waals surface area contributed by atoms with Crippen LogP contribution >= 0.6 is 11.8 Å². The fourth-order valence-electron chi connectivity index (χ4n) is 3.15. The van der Waals surface area contributed by atoms with Gasteiger partial charge in [0.25, 0.3) is 5.91 Å². The van der Waals surface area contributed by atoms with Crippen molar-refractivity contribution in [2.45, 2.75) is 17.7 Å². The van der Waals surface area contributed by atoms with Crippen molar-refractivity contribution >= 4 is 23.5 Å². The molecule has 1 atom stereocenters. The van der Waals surface area contributed by atoms with Gasteiger partial charge in [0, 0.05) is 43.3 Å². The highest BCUT2D eigenvalue weighted by molar-refractivity contribution is 7.98. The quantitative estimate of drug-likeness (QED) is 0.633. The molecule has 1 saturated heterocycles. The Morgan fingerprint density at radius 3 is 2.79 bits per heavy atom. The monoisotopic (exact) mass is 343 g/mol. The van der Waals surface area contributed by atoms with Gasteiger partial charge in [0.2, 0.25) is 5.78 Å². The molecule has 1 amide bonds. The van der Waals surface area contributed by atoms with Crippen molar-refractivity contribution in [3.8, 4) is 0 Å². The first-order valence-corrected chi connectivity index (χ1v) is 9.28. The Morgan fingerprint density at radius 1 is 1.29 bits per heavy atom. The third-order valence-corrected chi connectivity index (χ3v) is 5.25. The highest BCUT2D eigenvalue weighted by Gasteiger charge is 2.31. The molecule has 2 heterocycles. The fourth-order valence-corrected chi connectivity index (χ4v) is 3.74. The molecule has 0 radical (unpaired) electrons. The summed E-state index contributed by atoms with van der Waals surface area (Å²) >= 11 is 1.57. The van der Waals surface area contributed by atoms with Gasteiger partial charge in [-0.3, -0.25) is 9.59 Å². The number of ketones is 1. The number of imidazole rings is 1. The van der Waals surface area contributed by atoms with Crippen LogP contribution in [0.4, 0.5) is 0 Å². The summed E-state index contributed by atoms with van der Waals surface area (Å²) in [4.78, 5) is 32.5. The summed E-state index contributed by atoms with van der Waals surface area (Å²) < 4.78 is 1.74. The molecule has 5 nitrogen and oxygen atoms in total. The molecule has 0 bridgehead atoms. The third-order valence-electron chi connectivity index (χ3n) is 4.46. The van der Waals surface area contributed by atoms with Crippen molar-refractivity contribution in [1.29, 1.82) is 0 Å². The predicted molar refractivity (Wildman–Crippen MR) is 94.4 cm³/mol. The van der Waals surface area contributed by atoms with Crippen LogP contribution in [0, 0.1) is 5.92 Å². The Kier molecular flexibility index (Phi) is 5.04. The number of piperidine rings is 1. The highest BCUT2D eigenvalue weighted by atomic mass is 32.2. The van der Waals surface area contributed by atoms with Crippen molar-refractivity contribution < 1.29 is 9.59 Å². The Morgan fingerprint density at radius 2 is 2.08 bits per heavy atom. The molecule has 3 rings (SSSR count). The van der Waals surface area contributed by atoms with Gasteiger partial charge in [-0.1, -0.05) is 12.1 Å². The van der Waals surface area contributed by atoms with E-state index in [2.05, 4.69) is 4.98 Å². The third kappa shape index (κ3) is 3.24. The number of carbonyl (C=O) groups is 2. The van der Waals surface area contributed by atoms with Crippen LogP contribution in [0.5, 0.6) is 0 Å². The Bertz CT molecular complexity index is 756. The number of Topliss-reactive ketones (excluding diaryl/α,β-unsaturated/α-hetero) is 1. The van der Waals surface area contributed by atoms with Crippen LogP contribution in [0.1, 0.15) is 33.8 Å². The second-order valence-corrected chi connectivity index (χ2v) is 6.86. The average Bonchev–Trinajstić information content (AvgIpc) is 3.06. The molecule has 24 heavy (non-hydrogen) atoms. The van der Waals surface area contributed by atoms with Crippen LogP contribution in [0.3, 0.4) is 0 Å². The molecule has 0 spiro atoms. The molecular weight excluding hydrogens is 322 g/mol. The van der Waals surface area contributed by atoms with Gasteiger partial charge in [0.05, 0.1) is 5.56 Å². The van der Waals surface area contributed by atoms with E-state index in [1.807, 2.05) is 42.5 Å². The van der Waals surface area contributed by atoms with E-state index in [9.17, 15) is 9.59 Å². The number of hydrogen-bond acceptors (Lipinski definition) is 4. The molecule has 1 fully saturated rings. The van der Waals surface area contributed by atoms with Crippen LogP contribution in [0.15, 0.2) is 41.6 Å². The van der Waals surface area contributed by atoms with Gasteiger partial charge < -0.3 is 9.47 Å². The van der Waals surface area contributed by atoms with Gasteiger partial charge in [-0.05, 0) is 31.2 Å². The molecule has 6 heteroatoms. The van der Waals surface area contributed by atoms with Crippen molar-refractivity contribution in [3.05, 3.63) is 48.0 Å². The first kappa shape index (κ1) is 16.8. The lowest BCUT2D eigenvalue weighted by molar-refractivity contribution is 0.0630. The fraction of sp³-hybridized carbons (Fsp3) is 0.389. The first-order chi connectivity index (χ1) is 11.6. The predicted octanol–water partition coefficient (Wildman–Crippen LogP) is 2.88. The lowest BCUT2D eigenvalue weighted by Crippen LogP contribution is -2.42. The maximum Gasteiger partial charge on any atom is 0.255 e. The summed E-state index contributed by atoms with van der Waals surface area (Å²) in [6.45, 7) is 1.17. The van der Waals surface area contributed by atoms with Gasteiger partial charge in [-0.15, -0.1) is 11.8 Å². The average molecular weight is 343 g/mol. The van der Waals surface area contributed by atoms with E-state index >= 15 is 0 Å². The molecule has 126 valence electrons. The van der Waals surface area contributed by atoms with E-state index in [4.69, 9.17) is 0 Å². The van der Waals surface area contributed by atoms with Gasteiger partial charge >= 0.3 is 0 Å². The van der Waals surface area contributed by atoms with Crippen molar-refractivity contribution in [2.75, 3.05) is 19.3 Å². The minimum Gasteiger partial charge on any atom is -0.338 e. The second kappa shape index (κ2) is 7.21. The summed E-state index contributed by atoms with van der Waals surface area (Å²) in [5.41, 5.74) is 0.718. The zero-order valence-electron chi connectivity index (χ0n) is 13.9.